The summed E-state index contributed by atoms with van der Waals surface area (Å²) in [7, 11) is 0. The van der Waals surface area contributed by atoms with Gasteiger partial charge < -0.3 is 24.4 Å². The summed E-state index contributed by atoms with van der Waals surface area (Å²) >= 11 is 1.30. The van der Waals surface area contributed by atoms with Crippen molar-refractivity contribution in [3.63, 3.8) is 0 Å². The number of fused-ring (bicyclic) bond motifs is 1. The Labute approximate surface area is 191 Å². The Hall–Kier alpha value is -3.07. The molecule has 0 atom stereocenters. The molecule has 1 aliphatic rings. The molecule has 1 N–H and O–H groups in total. The van der Waals surface area contributed by atoms with E-state index < -0.39 is 5.97 Å². The molecule has 2 heterocycles. The standard InChI is InChI=1S/C23H28N2O6S/c1-5-29-17-9-8-15(12-18(17)30-6-2)21(27)24-22-20(23(28)31-7-3)16-10-11-25(14(4)26)13-19(16)32-22/h8-9,12H,5-7,10-11,13H2,1-4H3,(H,24,27). The van der Waals surface area contributed by atoms with Crippen LogP contribution in [-0.2, 0) is 22.5 Å². The predicted molar refractivity (Wildman–Crippen MR) is 122 cm³/mol. The summed E-state index contributed by atoms with van der Waals surface area (Å²) in [6.07, 6.45) is 0.535. The van der Waals surface area contributed by atoms with E-state index in [2.05, 4.69) is 5.32 Å². The van der Waals surface area contributed by atoms with Crippen molar-refractivity contribution >= 4 is 34.1 Å². The minimum atomic E-state index is -0.474. The Morgan fingerprint density at radius 1 is 1.06 bits per heavy atom. The van der Waals surface area contributed by atoms with Crippen LogP contribution in [0.3, 0.4) is 0 Å². The van der Waals surface area contributed by atoms with Gasteiger partial charge in [0.15, 0.2) is 11.5 Å². The third kappa shape index (κ3) is 5.04. The number of carbonyl (C=O) groups excluding carboxylic acids is 3. The molecule has 0 aliphatic carbocycles. The van der Waals surface area contributed by atoms with E-state index in [9.17, 15) is 14.4 Å². The van der Waals surface area contributed by atoms with Gasteiger partial charge in [-0.1, -0.05) is 0 Å². The van der Waals surface area contributed by atoms with Gasteiger partial charge in [-0.05, 0) is 51.0 Å². The zero-order chi connectivity index (χ0) is 23.3. The number of thiophene rings is 1. The van der Waals surface area contributed by atoms with Crippen molar-refractivity contribution in [3.8, 4) is 11.5 Å². The second-order valence-corrected chi connectivity index (χ2v) is 8.21. The highest BCUT2D eigenvalue weighted by Crippen LogP contribution is 2.38. The maximum atomic E-state index is 13.0. The van der Waals surface area contributed by atoms with Crippen LogP contribution in [0.1, 0.15) is 58.9 Å². The van der Waals surface area contributed by atoms with Gasteiger partial charge >= 0.3 is 5.97 Å². The molecule has 0 saturated carbocycles. The zero-order valence-corrected chi connectivity index (χ0v) is 19.6. The average Bonchev–Trinajstić information content (AvgIpc) is 3.12. The Bertz CT molecular complexity index is 1020. The fourth-order valence-corrected chi connectivity index (χ4v) is 4.79. The molecule has 0 bridgehead atoms. The minimum absolute atomic E-state index is 0.0230. The van der Waals surface area contributed by atoms with E-state index in [-0.39, 0.29) is 18.4 Å². The first-order valence-corrected chi connectivity index (χ1v) is 11.5. The SMILES string of the molecule is CCOC(=O)c1c(NC(=O)c2ccc(OCC)c(OCC)c2)sc2c1CCN(C(C)=O)C2. The number of nitrogens with zero attached hydrogens (tertiary/aromatic N) is 1. The number of rotatable bonds is 8. The van der Waals surface area contributed by atoms with Crippen LogP contribution in [-0.4, -0.2) is 49.0 Å². The predicted octanol–water partition coefficient (Wildman–Crippen LogP) is 3.88. The Kier molecular flexibility index (Phi) is 7.74. The quantitative estimate of drug-likeness (QED) is 0.601. The second-order valence-electron chi connectivity index (χ2n) is 7.10. The number of anilines is 1. The lowest BCUT2D eigenvalue weighted by Gasteiger charge is -2.25. The molecule has 0 radical (unpaired) electrons. The van der Waals surface area contributed by atoms with Gasteiger partial charge in [0.2, 0.25) is 5.91 Å². The van der Waals surface area contributed by atoms with Crippen molar-refractivity contribution < 1.29 is 28.6 Å². The molecule has 32 heavy (non-hydrogen) atoms. The van der Waals surface area contributed by atoms with Crippen LogP contribution in [0.2, 0.25) is 0 Å². The van der Waals surface area contributed by atoms with E-state index in [1.165, 1.54) is 18.3 Å². The fraction of sp³-hybridized carbons (Fsp3) is 0.435. The highest BCUT2D eigenvalue weighted by Gasteiger charge is 2.30. The molecule has 2 amide bonds. The number of amides is 2. The van der Waals surface area contributed by atoms with Crippen LogP contribution in [0.15, 0.2) is 18.2 Å². The first kappa shape index (κ1) is 23.6. The summed E-state index contributed by atoms with van der Waals surface area (Å²) in [6, 6.07) is 4.97. The lowest BCUT2D eigenvalue weighted by Crippen LogP contribution is -2.34. The summed E-state index contributed by atoms with van der Waals surface area (Å²) in [4.78, 5) is 40.2. The summed E-state index contributed by atoms with van der Waals surface area (Å²) in [6.45, 7) is 9.07. The molecule has 8 nitrogen and oxygen atoms in total. The lowest BCUT2D eigenvalue weighted by atomic mass is 10.0. The van der Waals surface area contributed by atoms with E-state index in [0.717, 1.165) is 10.4 Å². The second kappa shape index (κ2) is 10.5. The third-order valence-corrected chi connectivity index (χ3v) is 6.15. The van der Waals surface area contributed by atoms with Crippen LogP contribution in [0.25, 0.3) is 0 Å². The molecule has 9 heteroatoms. The van der Waals surface area contributed by atoms with Crippen molar-refractivity contribution in [1.82, 2.24) is 4.90 Å². The van der Waals surface area contributed by atoms with E-state index in [4.69, 9.17) is 14.2 Å². The first-order chi connectivity index (χ1) is 15.4. The molecule has 1 aromatic heterocycles. The maximum absolute atomic E-state index is 13.0. The van der Waals surface area contributed by atoms with E-state index in [1.54, 1.807) is 30.0 Å². The number of hydrogen-bond donors (Lipinski definition) is 1. The maximum Gasteiger partial charge on any atom is 0.341 e. The molecule has 1 aromatic carbocycles. The van der Waals surface area contributed by atoms with Gasteiger partial charge in [0.1, 0.15) is 5.00 Å². The van der Waals surface area contributed by atoms with Gasteiger partial charge in [0.25, 0.3) is 5.91 Å². The van der Waals surface area contributed by atoms with E-state index in [0.29, 0.717) is 60.4 Å². The summed E-state index contributed by atoms with van der Waals surface area (Å²) in [5.74, 6) is 0.175. The molecular formula is C23H28N2O6S. The first-order valence-electron chi connectivity index (χ1n) is 10.7. The molecular weight excluding hydrogens is 432 g/mol. The molecule has 2 aromatic rings. The molecule has 1 aliphatic heterocycles. The smallest absolute Gasteiger partial charge is 0.341 e. The van der Waals surface area contributed by atoms with Gasteiger partial charge in [0.05, 0.1) is 31.9 Å². The summed E-state index contributed by atoms with van der Waals surface area (Å²) in [5, 5.41) is 3.29. The molecule has 0 fully saturated rings. The largest absolute Gasteiger partial charge is 0.490 e. The van der Waals surface area contributed by atoms with Gasteiger partial charge in [-0.3, -0.25) is 9.59 Å². The number of carbonyl (C=O) groups is 3. The fourth-order valence-electron chi connectivity index (χ4n) is 3.55. The van der Waals surface area contributed by atoms with Crippen LogP contribution < -0.4 is 14.8 Å². The van der Waals surface area contributed by atoms with Crippen LogP contribution in [0.4, 0.5) is 5.00 Å². The molecule has 172 valence electrons. The number of benzene rings is 1. The lowest BCUT2D eigenvalue weighted by molar-refractivity contribution is -0.129. The van der Waals surface area contributed by atoms with Gasteiger partial charge in [0, 0.05) is 23.9 Å². The topological polar surface area (TPSA) is 94.2 Å². The summed E-state index contributed by atoms with van der Waals surface area (Å²) < 4.78 is 16.4. The number of nitrogens with one attached hydrogen (secondary N) is 1. The Balaban J connectivity index is 1.92. The van der Waals surface area contributed by atoms with Gasteiger partial charge in [-0.25, -0.2) is 4.79 Å². The Morgan fingerprint density at radius 2 is 1.78 bits per heavy atom. The van der Waals surface area contributed by atoms with Gasteiger partial charge in [-0.15, -0.1) is 11.3 Å². The van der Waals surface area contributed by atoms with Crippen LogP contribution >= 0.6 is 11.3 Å². The Morgan fingerprint density at radius 3 is 2.44 bits per heavy atom. The van der Waals surface area contributed by atoms with Crippen molar-refractivity contribution in [2.45, 2.75) is 40.7 Å². The van der Waals surface area contributed by atoms with Crippen LogP contribution in [0.5, 0.6) is 11.5 Å². The molecule has 0 unspecified atom stereocenters. The summed E-state index contributed by atoms with van der Waals surface area (Å²) in [5.41, 5.74) is 1.59. The number of ether oxygens (including phenoxy) is 3. The number of esters is 1. The molecule has 0 spiro atoms. The zero-order valence-electron chi connectivity index (χ0n) is 18.8. The van der Waals surface area contributed by atoms with Crippen molar-refractivity contribution in [2.24, 2.45) is 0 Å². The minimum Gasteiger partial charge on any atom is -0.490 e. The monoisotopic (exact) mass is 460 g/mol. The molecule has 0 saturated heterocycles. The van der Waals surface area contributed by atoms with Crippen molar-refractivity contribution in [3.05, 3.63) is 39.8 Å². The van der Waals surface area contributed by atoms with Crippen molar-refractivity contribution in [2.75, 3.05) is 31.7 Å². The highest BCUT2D eigenvalue weighted by atomic mass is 32.1. The normalized spacial score (nSPS) is 12.7. The van der Waals surface area contributed by atoms with Gasteiger partial charge in [-0.2, -0.15) is 0 Å². The van der Waals surface area contributed by atoms with E-state index >= 15 is 0 Å². The highest BCUT2D eigenvalue weighted by molar-refractivity contribution is 7.17. The van der Waals surface area contributed by atoms with Crippen molar-refractivity contribution in [1.29, 1.82) is 0 Å². The molecule has 3 rings (SSSR count). The number of hydrogen-bond acceptors (Lipinski definition) is 7. The van der Waals surface area contributed by atoms with Crippen LogP contribution in [0, 0.1) is 0 Å². The third-order valence-electron chi connectivity index (χ3n) is 5.01. The van der Waals surface area contributed by atoms with E-state index in [1.807, 2.05) is 13.8 Å². The average molecular weight is 461 g/mol.